The van der Waals surface area contributed by atoms with Crippen molar-refractivity contribution < 1.29 is 24.9 Å². The van der Waals surface area contributed by atoms with Crippen LogP contribution in [0, 0.1) is 0 Å². The maximum absolute atomic E-state index is 10.7. The van der Waals surface area contributed by atoms with Crippen LogP contribution in [-0.4, -0.2) is 22.3 Å². The molecule has 0 bridgehead atoms. The average Bonchev–Trinajstić information content (AvgIpc) is 2.36. The molecule has 5 heteroatoms. The van der Waals surface area contributed by atoms with Crippen molar-refractivity contribution in [1.29, 1.82) is 0 Å². The summed E-state index contributed by atoms with van der Waals surface area (Å²) in [4.78, 5) is 10.7. The minimum absolute atomic E-state index is 0.000000000000000222. The number of carbonyl (C=O) groups is 1. The van der Waals surface area contributed by atoms with Crippen LogP contribution < -0.4 is 5.11 Å². The summed E-state index contributed by atoms with van der Waals surface area (Å²) >= 11 is 0. The molecular formula is C16H15O5-. The van der Waals surface area contributed by atoms with Crippen molar-refractivity contribution in [1.82, 2.24) is 0 Å². The number of benzene rings is 2. The second-order valence-corrected chi connectivity index (χ2v) is 5.35. The number of phenolic OH excluding ortho intramolecular Hbond substituents is 2. The van der Waals surface area contributed by atoms with Crippen molar-refractivity contribution in [2.24, 2.45) is 0 Å². The highest BCUT2D eigenvalue weighted by atomic mass is 16.5. The highest BCUT2D eigenvalue weighted by Crippen LogP contribution is 2.44. The van der Waals surface area contributed by atoms with Gasteiger partial charge >= 0.3 is 0 Å². The van der Waals surface area contributed by atoms with Gasteiger partial charge in [-0.15, -0.1) is 0 Å². The molecule has 0 unspecified atom stereocenters. The lowest BCUT2D eigenvalue weighted by Gasteiger charge is -2.31. The molecule has 0 amide bonds. The number of ether oxygens (including phenoxy) is 1. The predicted octanol–water partition coefficient (Wildman–Crippen LogP) is 1.39. The van der Waals surface area contributed by atoms with E-state index in [2.05, 4.69) is 0 Å². The lowest BCUT2D eigenvalue weighted by molar-refractivity contribution is -0.308. The number of rotatable bonds is 2. The highest BCUT2D eigenvalue weighted by Gasteiger charge is 2.29. The standard InChI is InChI=1S/C16H16O5/c1-8-14-10(6-11(21-8)7-13(18)19)5-9-3-2-4-12(17)15(9)16(14)20/h2-5,8,11,17,20H,6-7H2,1H3,(H,18,19)/p-1/t8-,11+/m1/s1. The van der Waals surface area contributed by atoms with Gasteiger partial charge in [0.15, 0.2) is 0 Å². The van der Waals surface area contributed by atoms with E-state index in [1.807, 2.05) is 6.07 Å². The number of aliphatic carboxylic acids is 1. The van der Waals surface area contributed by atoms with E-state index in [1.165, 1.54) is 6.07 Å². The summed E-state index contributed by atoms with van der Waals surface area (Å²) < 4.78 is 5.63. The number of hydrogen-bond donors (Lipinski definition) is 2. The van der Waals surface area contributed by atoms with Gasteiger partial charge in [0.2, 0.25) is 0 Å². The first-order chi connectivity index (χ1) is 9.97. The van der Waals surface area contributed by atoms with Gasteiger partial charge in [-0.1, -0.05) is 18.2 Å². The Kier molecular flexibility index (Phi) is 3.22. The van der Waals surface area contributed by atoms with Gasteiger partial charge in [0.1, 0.15) is 11.5 Å². The summed E-state index contributed by atoms with van der Waals surface area (Å²) in [6.45, 7) is 1.76. The van der Waals surface area contributed by atoms with E-state index in [-0.39, 0.29) is 17.9 Å². The SMILES string of the molecule is C[C@H]1O[C@H](CC(=O)[O-])Cc2cc3cccc(O)c3c(O)c21. The molecule has 1 heterocycles. The van der Waals surface area contributed by atoms with Gasteiger partial charge in [0.25, 0.3) is 0 Å². The minimum atomic E-state index is -1.15. The Hall–Kier alpha value is -2.27. The van der Waals surface area contributed by atoms with E-state index < -0.39 is 18.2 Å². The van der Waals surface area contributed by atoms with Gasteiger partial charge in [-0.3, -0.25) is 0 Å². The van der Waals surface area contributed by atoms with Crippen molar-refractivity contribution >= 4 is 16.7 Å². The van der Waals surface area contributed by atoms with Gasteiger partial charge < -0.3 is 24.9 Å². The molecule has 0 fully saturated rings. The van der Waals surface area contributed by atoms with Gasteiger partial charge in [0, 0.05) is 18.0 Å². The third kappa shape index (κ3) is 2.29. The maximum Gasteiger partial charge on any atom is 0.133 e. The highest BCUT2D eigenvalue weighted by molar-refractivity contribution is 5.95. The lowest BCUT2D eigenvalue weighted by Crippen LogP contribution is -2.33. The number of aromatic hydroxyl groups is 2. The molecule has 0 spiro atoms. The third-order valence-corrected chi connectivity index (χ3v) is 3.89. The topological polar surface area (TPSA) is 89.8 Å². The fraction of sp³-hybridized carbons (Fsp3) is 0.312. The van der Waals surface area contributed by atoms with Crippen LogP contribution in [-0.2, 0) is 16.0 Å². The Morgan fingerprint density at radius 2 is 2.19 bits per heavy atom. The summed E-state index contributed by atoms with van der Waals surface area (Å²) in [5.41, 5.74) is 1.45. The van der Waals surface area contributed by atoms with Crippen LogP contribution in [0.3, 0.4) is 0 Å². The Morgan fingerprint density at radius 3 is 2.90 bits per heavy atom. The second kappa shape index (κ2) is 4.93. The van der Waals surface area contributed by atoms with Gasteiger partial charge in [-0.2, -0.15) is 0 Å². The molecule has 0 aromatic heterocycles. The third-order valence-electron chi connectivity index (χ3n) is 3.89. The van der Waals surface area contributed by atoms with Crippen LogP contribution in [0.25, 0.3) is 10.8 Å². The zero-order valence-corrected chi connectivity index (χ0v) is 11.5. The molecule has 0 saturated heterocycles. The molecule has 5 nitrogen and oxygen atoms in total. The van der Waals surface area contributed by atoms with Gasteiger partial charge in [-0.25, -0.2) is 0 Å². The zero-order valence-electron chi connectivity index (χ0n) is 11.5. The first kappa shape index (κ1) is 13.7. The van der Waals surface area contributed by atoms with Crippen molar-refractivity contribution in [3.05, 3.63) is 35.4 Å². The van der Waals surface area contributed by atoms with Crippen LogP contribution in [0.2, 0.25) is 0 Å². The molecule has 110 valence electrons. The Morgan fingerprint density at radius 1 is 1.43 bits per heavy atom. The van der Waals surface area contributed by atoms with E-state index in [0.717, 1.165) is 5.56 Å². The molecule has 2 aromatic rings. The van der Waals surface area contributed by atoms with E-state index >= 15 is 0 Å². The summed E-state index contributed by atoms with van der Waals surface area (Å²) in [6.07, 6.45) is -0.691. The maximum atomic E-state index is 10.7. The van der Waals surface area contributed by atoms with Crippen molar-refractivity contribution in [2.45, 2.75) is 32.0 Å². The van der Waals surface area contributed by atoms with E-state index in [4.69, 9.17) is 4.74 Å². The van der Waals surface area contributed by atoms with Gasteiger partial charge in [-0.05, 0) is 30.4 Å². The summed E-state index contributed by atoms with van der Waals surface area (Å²) in [5, 5.41) is 32.2. The van der Waals surface area contributed by atoms with Crippen LogP contribution in [0.5, 0.6) is 11.5 Å². The molecule has 3 rings (SSSR count). The van der Waals surface area contributed by atoms with Crippen molar-refractivity contribution in [3.8, 4) is 11.5 Å². The summed E-state index contributed by atoms with van der Waals surface area (Å²) in [5.74, 6) is -1.14. The van der Waals surface area contributed by atoms with Crippen LogP contribution in [0.15, 0.2) is 24.3 Å². The Bertz CT molecular complexity index is 722. The molecular weight excluding hydrogens is 272 g/mol. The molecule has 21 heavy (non-hydrogen) atoms. The fourth-order valence-corrected chi connectivity index (χ4v) is 3.07. The van der Waals surface area contributed by atoms with E-state index in [1.54, 1.807) is 19.1 Å². The Labute approximate surface area is 121 Å². The van der Waals surface area contributed by atoms with Crippen LogP contribution in [0.1, 0.15) is 30.6 Å². The molecule has 2 aromatic carbocycles. The summed E-state index contributed by atoms with van der Waals surface area (Å²) in [7, 11) is 0. The first-order valence-electron chi connectivity index (χ1n) is 6.79. The van der Waals surface area contributed by atoms with Crippen LogP contribution in [0.4, 0.5) is 0 Å². The second-order valence-electron chi connectivity index (χ2n) is 5.35. The van der Waals surface area contributed by atoms with Crippen molar-refractivity contribution in [2.75, 3.05) is 0 Å². The van der Waals surface area contributed by atoms with E-state index in [0.29, 0.717) is 22.8 Å². The fourth-order valence-electron chi connectivity index (χ4n) is 3.07. The largest absolute Gasteiger partial charge is 0.550 e. The van der Waals surface area contributed by atoms with Crippen molar-refractivity contribution in [3.63, 3.8) is 0 Å². The lowest BCUT2D eigenvalue weighted by atomic mass is 9.89. The van der Waals surface area contributed by atoms with Gasteiger partial charge in [0.05, 0.1) is 17.6 Å². The predicted molar refractivity (Wildman–Crippen MR) is 73.9 cm³/mol. The number of carbonyl (C=O) groups excluding carboxylic acids is 1. The number of carboxylic acid groups (broad SMARTS) is 1. The first-order valence-corrected chi connectivity index (χ1v) is 6.79. The zero-order chi connectivity index (χ0) is 15.1. The number of hydrogen-bond acceptors (Lipinski definition) is 5. The summed E-state index contributed by atoms with van der Waals surface area (Å²) in [6, 6.07) is 6.88. The Balaban J connectivity index is 2.14. The normalized spacial score (nSPS) is 21.2. The monoisotopic (exact) mass is 287 g/mol. The molecule has 2 N–H and O–H groups in total. The smallest absolute Gasteiger partial charge is 0.133 e. The number of carboxylic acids is 1. The molecule has 0 radical (unpaired) electrons. The molecule has 1 aliphatic rings. The number of phenols is 2. The molecule has 1 aliphatic heterocycles. The molecule has 2 atom stereocenters. The number of fused-ring (bicyclic) bond motifs is 2. The quantitative estimate of drug-likeness (QED) is 0.871. The minimum Gasteiger partial charge on any atom is -0.550 e. The van der Waals surface area contributed by atoms with E-state index in [9.17, 15) is 20.1 Å². The molecule has 0 saturated carbocycles. The van der Waals surface area contributed by atoms with Crippen LogP contribution >= 0.6 is 0 Å². The average molecular weight is 287 g/mol. The molecule has 0 aliphatic carbocycles.